The molecule has 1 aromatic rings. The molecule has 2 saturated heterocycles. The lowest BCUT2D eigenvalue weighted by Crippen LogP contribution is -2.49. The smallest absolute Gasteiger partial charge is 0.258 e. The summed E-state index contributed by atoms with van der Waals surface area (Å²) in [6.07, 6.45) is 3.00. The topological polar surface area (TPSA) is 77.1 Å². The molecule has 0 radical (unpaired) electrons. The molecule has 2 heterocycles. The molecule has 7 heteroatoms. The van der Waals surface area contributed by atoms with E-state index in [1.54, 1.807) is 6.07 Å². The van der Waals surface area contributed by atoms with Crippen molar-refractivity contribution in [2.45, 2.75) is 44.8 Å². The van der Waals surface area contributed by atoms with Gasteiger partial charge in [0.05, 0.1) is 6.61 Å². The summed E-state index contributed by atoms with van der Waals surface area (Å²) >= 11 is 0. The summed E-state index contributed by atoms with van der Waals surface area (Å²) in [6.45, 7) is 4.36. The van der Waals surface area contributed by atoms with Crippen LogP contribution in [-0.2, 0) is 14.3 Å². The lowest BCUT2D eigenvalue weighted by atomic mass is 10.0. The van der Waals surface area contributed by atoms with Crippen molar-refractivity contribution in [3.05, 3.63) is 24.3 Å². The third-order valence-corrected chi connectivity index (χ3v) is 4.88. The van der Waals surface area contributed by atoms with Crippen LogP contribution in [0.25, 0.3) is 0 Å². The quantitative estimate of drug-likeness (QED) is 0.785. The number of carbonyl (C=O) groups excluding carboxylic acids is 2. The van der Waals surface area contributed by atoms with Gasteiger partial charge in [0.2, 0.25) is 0 Å². The zero-order valence-corrected chi connectivity index (χ0v) is 15.8. The normalized spacial score (nSPS) is 20.3. The second-order valence-corrected chi connectivity index (χ2v) is 6.84. The van der Waals surface area contributed by atoms with Crippen molar-refractivity contribution in [1.82, 2.24) is 10.2 Å². The molecule has 1 N–H and O–H groups in total. The van der Waals surface area contributed by atoms with Gasteiger partial charge in [0.1, 0.15) is 6.10 Å². The largest absolute Gasteiger partial charge is 0.490 e. The van der Waals surface area contributed by atoms with E-state index in [2.05, 4.69) is 5.32 Å². The molecule has 27 heavy (non-hydrogen) atoms. The van der Waals surface area contributed by atoms with E-state index in [4.69, 9.17) is 14.2 Å². The Morgan fingerprint density at radius 2 is 1.85 bits per heavy atom. The van der Waals surface area contributed by atoms with Crippen LogP contribution in [0, 0.1) is 0 Å². The van der Waals surface area contributed by atoms with E-state index in [1.165, 1.54) is 0 Å². The van der Waals surface area contributed by atoms with Gasteiger partial charge >= 0.3 is 0 Å². The average Bonchev–Trinajstić information content (AvgIpc) is 3.22. The number of piperidine rings is 1. The number of benzene rings is 1. The summed E-state index contributed by atoms with van der Waals surface area (Å²) in [5.41, 5.74) is 0. The van der Waals surface area contributed by atoms with Crippen LogP contribution < -0.4 is 14.8 Å². The van der Waals surface area contributed by atoms with Gasteiger partial charge in [-0.25, -0.2) is 0 Å². The van der Waals surface area contributed by atoms with Gasteiger partial charge in [-0.1, -0.05) is 12.1 Å². The molecule has 0 bridgehead atoms. The van der Waals surface area contributed by atoms with E-state index in [-0.39, 0.29) is 30.6 Å². The number of ether oxygens (including phenoxy) is 3. The molecular formula is C20H28N2O5. The zero-order valence-electron chi connectivity index (χ0n) is 15.8. The predicted octanol–water partition coefficient (Wildman–Crippen LogP) is 1.75. The van der Waals surface area contributed by atoms with Crippen LogP contribution in [0.4, 0.5) is 0 Å². The molecule has 2 aliphatic heterocycles. The molecule has 1 atom stereocenters. The van der Waals surface area contributed by atoms with E-state index in [9.17, 15) is 9.59 Å². The lowest BCUT2D eigenvalue weighted by molar-refractivity contribution is -0.142. The van der Waals surface area contributed by atoms with Crippen LogP contribution >= 0.6 is 0 Å². The summed E-state index contributed by atoms with van der Waals surface area (Å²) in [6, 6.07) is 7.38. The number of para-hydroxylation sites is 2. The summed E-state index contributed by atoms with van der Waals surface area (Å²) in [5.74, 6) is 1.12. The second kappa shape index (κ2) is 9.60. The predicted molar refractivity (Wildman–Crippen MR) is 99.8 cm³/mol. The van der Waals surface area contributed by atoms with Crippen LogP contribution in [0.2, 0.25) is 0 Å². The molecule has 0 spiro atoms. The van der Waals surface area contributed by atoms with Crippen molar-refractivity contribution < 1.29 is 23.8 Å². The number of amides is 2. The van der Waals surface area contributed by atoms with Gasteiger partial charge in [-0.3, -0.25) is 9.59 Å². The van der Waals surface area contributed by atoms with Crippen LogP contribution in [0.1, 0.15) is 32.6 Å². The average molecular weight is 376 g/mol. The van der Waals surface area contributed by atoms with Crippen LogP contribution in [0.15, 0.2) is 24.3 Å². The van der Waals surface area contributed by atoms with Gasteiger partial charge in [0.25, 0.3) is 11.8 Å². The van der Waals surface area contributed by atoms with Gasteiger partial charge in [0.15, 0.2) is 18.1 Å². The Morgan fingerprint density at radius 3 is 2.48 bits per heavy atom. The fourth-order valence-electron chi connectivity index (χ4n) is 3.48. The Bertz CT molecular complexity index is 637. The monoisotopic (exact) mass is 376 g/mol. The standard InChI is InChI=1S/C20H28N2O5/c1-2-25-16-6-3-4-7-17(16)27-14-19(23)21-15-9-11-22(12-10-15)20(24)18-8-5-13-26-18/h3-4,6-7,15,18H,2,5,8-14H2,1H3,(H,21,23). The molecule has 1 unspecified atom stereocenters. The van der Waals surface area contributed by atoms with Crippen LogP contribution in [0.3, 0.4) is 0 Å². The Morgan fingerprint density at radius 1 is 1.15 bits per heavy atom. The Kier molecular flexibility index (Phi) is 6.92. The van der Waals surface area contributed by atoms with E-state index >= 15 is 0 Å². The summed E-state index contributed by atoms with van der Waals surface area (Å²) in [7, 11) is 0. The van der Waals surface area contributed by atoms with Crippen molar-refractivity contribution >= 4 is 11.8 Å². The zero-order chi connectivity index (χ0) is 19.1. The highest BCUT2D eigenvalue weighted by Crippen LogP contribution is 2.26. The first-order valence-electron chi connectivity index (χ1n) is 9.71. The maximum Gasteiger partial charge on any atom is 0.258 e. The third kappa shape index (κ3) is 5.35. The Hall–Kier alpha value is -2.28. The van der Waals surface area contributed by atoms with E-state index in [0.717, 1.165) is 25.7 Å². The molecule has 3 rings (SSSR count). The number of nitrogens with one attached hydrogen (secondary N) is 1. The Balaban J connectivity index is 1.40. The second-order valence-electron chi connectivity index (χ2n) is 6.84. The maximum atomic E-state index is 12.4. The maximum absolute atomic E-state index is 12.4. The van der Waals surface area contributed by atoms with Crippen molar-refractivity contribution in [3.63, 3.8) is 0 Å². The van der Waals surface area contributed by atoms with E-state index < -0.39 is 0 Å². The number of nitrogens with zero attached hydrogens (tertiary/aromatic N) is 1. The lowest BCUT2D eigenvalue weighted by Gasteiger charge is -2.33. The van der Waals surface area contributed by atoms with Gasteiger partial charge in [0, 0.05) is 25.7 Å². The first-order chi connectivity index (χ1) is 13.2. The molecule has 2 amide bonds. The van der Waals surface area contributed by atoms with Crippen molar-refractivity contribution in [3.8, 4) is 11.5 Å². The fourth-order valence-corrected chi connectivity index (χ4v) is 3.48. The first-order valence-corrected chi connectivity index (χ1v) is 9.71. The van der Waals surface area contributed by atoms with Crippen molar-refractivity contribution in [2.24, 2.45) is 0 Å². The summed E-state index contributed by atoms with van der Waals surface area (Å²) < 4.78 is 16.6. The molecule has 2 fully saturated rings. The summed E-state index contributed by atoms with van der Waals surface area (Å²) in [4.78, 5) is 26.4. The number of likely N-dealkylation sites (tertiary alicyclic amines) is 1. The highest BCUT2D eigenvalue weighted by molar-refractivity contribution is 5.81. The summed E-state index contributed by atoms with van der Waals surface area (Å²) in [5, 5.41) is 3.00. The van der Waals surface area contributed by atoms with Gasteiger partial charge in [-0.05, 0) is 44.7 Å². The Labute approximate surface area is 160 Å². The van der Waals surface area contributed by atoms with Gasteiger partial charge in [-0.15, -0.1) is 0 Å². The van der Waals surface area contributed by atoms with Gasteiger partial charge in [-0.2, -0.15) is 0 Å². The minimum absolute atomic E-state index is 0.0564. The van der Waals surface area contributed by atoms with Crippen molar-refractivity contribution in [2.75, 3.05) is 32.9 Å². The number of rotatable bonds is 7. The highest BCUT2D eigenvalue weighted by Gasteiger charge is 2.31. The third-order valence-electron chi connectivity index (χ3n) is 4.88. The fraction of sp³-hybridized carbons (Fsp3) is 0.600. The number of carbonyl (C=O) groups is 2. The first kappa shape index (κ1) is 19.5. The molecule has 1 aromatic carbocycles. The molecular weight excluding hydrogens is 348 g/mol. The number of hydrogen-bond donors (Lipinski definition) is 1. The number of hydrogen-bond acceptors (Lipinski definition) is 5. The molecule has 7 nitrogen and oxygen atoms in total. The highest BCUT2D eigenvalue weighted by atomic mass is 16.5. The minimum Gasteiger partial charge on any atom is -0.490 e. The van der Waals surface area contributed by atoms with Crippen LogP contribution in [0.5, 0.6) is 11.5 Å². The molecule has 0 saturated carbocycles. The minimum atomic E-state index is -0.269. The van der Waals surface area contributed by atoms with Gasteiger partial charge < -0.3 is 24.4 Å². The van der Waals surface area contributed by atoms with E-state index in [0.29, 0.717) is 37.8 Å². The molecule has 148 valence electrons. The molecule has 0 aliphatic carbocycles. The molecule has 0 aromatic heterocycles. The van der Waals surface area contributed by atoms with Crippen LogP contribution in [-0.4, -0.2) is 61.8 Å². The van der Waals surface area contributed by atoms with Crippen molar-refractivity contribution in [1.29, 1.82) is 0 Å². The molecule has 2 aliphatic rings. The van der Waals surface area contributed by atoms with E-state index in [1.807, 2.05) is 30.0 Å². The SMILES string of the molecule is CCOc1ccccc1OCC(=O)NC1CCN(C(=O)C2CCCO2)CC1.